The van der Waals surface area contributed by atoms with Gasteiger partial charge in [0.2, 0.25) is 0 Å². The van der Waals surface area contributed by atoms with Crippen LogP contribution in [0.15, 0.2) is 0 Å². The van der Waals surface area contributed by atoms with Crippen molar-refractivity contribution in [3.63, 3.8) is 0 Å². The molecule has 0 bridgehead atoms. The van der Waals surface area contributed by atoms with Gasteiger partial charge in [0.15, 0.2) is 0 Å². The number of benzene rings is 1. The zero-order valence-corrected chi connectivity index (χ0v) is 33.3. The van der Waals surface area contributed by atoms with Crippen molar-refractivity contribution in [2.75, 3.05) is 24.6 Å². The number of hydrogen-bond acceptors (Lipinski definition) is 1. The molecule has 0 fully saturated rings. The van der Waals surface area contributed by atoms with E-state index in [1.165, 1.54) is 77.0 Å². The van der Waals surface area contributed by atoms with Gasteiger partial charge in [-0.05, 0) is 0 Å². The molecule has 290 valence electrons. The minimum absolute atomic E-state index is 0.709. The number of halogens is 5. The van der Waals surface area contributed by atoms with Crippen LogP contribution < -0.4 is 4.52 Å². The Morgan fingerprint density at radius 1 is 0.306 bits per heavy atom. The summed E-state index contributed by atoms with van der Waals surface area (Å²) >= 11 is 0. The Labute approximate surface area is 299 Å². The van der Waals surface area contributed by atoms with Crippen molar-refractivity contribution < 1.29 is 26.5 Å². The first kappa shape index (κ1) is 46.1. The van der Waals surface area contributed by atoms with Crippen LogP contribution in [0.2, 0.25) is 0 Å². The summed E-state index contributed by atoms with van der Waals surface area (Å²) in [5.41, 5.74) is 0. The van der Waals surface area contributed by atoms with E-state index in [0.717, 1.165) is 103 Å². The van der Waals surface area contributed by atoms with Crippen molar-refractivity contribution in [3.05, 3.63) is 29.1 Å². The first-order chi connectivity index (χ1) is 23.7. The fraction of sp³-hybridized carbons (Fsp3) is 0.857. The van der Waals surface area contributed by atoms with Crippen LogP contribution >= 0.6 is 6.83 Å². The molecule has 7 heteroatoms. The fourth-order valence-corrected chi connectivity index (χ4v) is 14.1. The van der Waals surface area contributed by atoms with E-state index in [9.17, 15) is 13.2 Å². The zero-order valence-electron chi connectivity index (χ0n) is 32.4. The van der Waals surface area contributed by atoms with Gasteiger partial charge >= 0.3 is 300 Å². The van der Waals surface area contributed by atoms with Gasteiger partial charge in [-0.3, -0.25) is 0 Å². The van der Waals surface area contributed by atoms with E-state index < -0.39 is 41.7 Å². The Morgan fingerprint density at radius 3 is 0.755 bits per heavy atom. The molecule has 0 atom stereocenters. The summed E-state index contributed by atoms with van der Waals surface area (Å²) in [4.78, 5) is 0. The second-order valence-electron chi connectivity index (χ2n) is 15.2. The molecular weight excluding hydrogens is 646 g/mol. The molecule has 1 aromatic rings. The van der Waals surface area contributed by atoms with Gasteiger partial charge in [-0.15, -0.1) is 0 Å². The van der Waals surface area contributed by atoms with Crippen molar-refractivity contribution in [2.24, 2.45) is 0 Å². The number of unbranched alkanes of at least 4 members (excludes halogenated alkanes) is 24. The van der Waals surface area contributed by atoms with Gasteiger partial charge in [0.1, 0.15) is 0 Å². The normalized spacial score (nSPS) is 12.8. The summed E-state index contributed by atoms with van der Waals surface area (Å²) in [5.74, 6) is -10.5. The van der Waals surface area contributed by atoms with Crippen LogP contribution in [-0.2, 0) is 0 Å². The molecule has 0 aromatic heterocycles. The molecule has 0 heterocycles. The van der Waals surface area contributed by atoms with Gasteiger partial charge < -0.3 is 0 Å². The van der Waals surface area contributed by atoms with E-state index in [1.54, 1.807) is 0 Å². The summed E-state index contributed by atoms with van der Waals surface area (Å²) < 4.78 is 81.5. The molecule has 0 aliphatic rings. The van der Waals surface area contributed by atoms with Gasteiger partial charge in [-0.25, -0.2) is 0 Å². The number of rotatable bonds is 34. The van der Waals surface area contributed by atoms with Crippen molar-refractivity contribution >= 4 is 6.83 Å². The molecule has 0 unspecified atom stereocenters. The molecule has 0 radical (unpaired) electrons. The van der Waals surface area contributed by atoms with Crippen LogP contribution in [0.5, 0.6) is 5.75 Å². The van der Waals surface area contributed by atoms with Crippen molar-refractivity contribution in [3.8, 4) is 5.75 Å². The molecule has 0 saturated heterocycles. The minimum atomic E-state index is -3.47. The van der Waals surface area contributed by atoms with Crippen LogP contribution in [0, 0.1) is 29.1 Å². The second-order valence-corrected chi connectivity index (χ2v) is 20.9. The van der Waals surface area contributed by atoms with E-state index >= 15 is 8.78 Å². The van der Waals surface area contributed by atoms with E-state index in [-0.39, 0.29) is 0 Å². The predicted molar refractivity (Wildman–Crippen MR) is 205 cm³/mol. The van der Waals surface area contributed by atoms with Gasteiger partial charge in [0, 0.05) is 0 Å². The first-order valence-corrected chi connectivity index (χ1v) is 23.8. The maximum atomic E-state index is 15.5. The number of hydrogen-bond donors (Lipinski definition) is 0. The Hall–Kier alpha value is -0.900. The SMILES string of the molecule is CCCCCCCCCP(CCCCCCCCC)(CCCCCCCCC)(CCCCCCCCC)Oc1c(F)c(F)c(F)c(F)c1F. The molecule has 49 heavy (non-hydrogen) atoms. The van der Waals surface area contributed by atoms with Crippen LogP contribution in [0.1, 0.15) is 207 Å². The molecule has 0 amide bonds. The van der Waals surface area contributed by atoms with E-state index in [2.05, 4.69) is 27.7 Å². The molecule has 0 aliphatic carbocycles. The zero-order chi connectivity index (χ0) is 36.2. The first-order valence-electron chi connectivity index (χ1n) is 20.9. The predicted octanol–water partition coefficient (Wildman–Crippen LogP) is 16.2. The van der Waals surface area contributed by atoms with Crippen LogP contribution in [0.25, 0.3) is 0 Å². The van der Waals surface area contributed by atoms with Crippen molar-refractivity contribution in [1.82, 2.24) is 0 Å². The molecule has 1 rings (SSSR count). The van der Waals surface area contributed by atoms with Gasteiger partial charge in [-0.2, -0.15) is 0 Å². The van der Waals surface area contributed by atoms with Crippen LogP contribution in [-0.4, -0.2) is 24.6 Å². The van der Waals surface area contributed by atoms with Gasteiger partial charge in [0.05, 0.1) is 0 Å². The summed E-state index contributed by atoms with van der Waals surface area (Å²) in [5, 5.41) is 0. The van der Waals surface area contributed by atoms with E-state index in [1.807, 2.05) is 0 Å². The summed E-state index contributed by atoms with van der Waals surface area (Å²) in [7, 11) is 0. The quantitative estimate of drug-likeness (QED) is 0.0226. The van der Waals surface area contributed by atoms with E-state index in [4.69, 9.17) is 4.52 Å². The average Bonchev–Trinajstić information content (AvgIpc) is 3.10. The second kappa shape index (κ2) is 27.7. The Balaban J connectivity index is 3.53. The Bertz CT molecular complexity index is 858. The maximum absolute atomic E-state index is 15.5. The van der Waals surface area contributed by atoms with E-state index in [0.29, 0.717) is 24.6 Å². The molecule has 0 N–H and O–H groups in total. The van der Waals surface area contributed by atoms with Gasteiger partial charge in [-0.1, -0.05) is 0 Å². The summed E-state index contributed by atoms with van der Waals surface area (Å²) in [6.45, 7) is 5.35. The van der Waals surface area contributed by atoms with Crippen LogP contribution in [0.4, 0.5) is 22.0 Å². The Kier molecular flexibility index (Phi) is 26.1. The monoisotopic (exact) mass is 723 g/mol. The topological polar surface area (TPSA) is 9.23 Å². The molecule has 0 aliphatic heterocycles. The molecule has 0 saturated carbocycles. The molecule has 1 aromatic carbocycles. The molecule has 0 spiro atoms. The third-order valence-electron chi connectivity index (χ3n) is 10.8. The Morgan fingerprint density at radius 2 is 0.510 bits per heavy atom. The third kappa shape index (κ3) is 17.9. The van der Waals surface area contributed by atoms with Crippen molar-refractivity contribution in [1.29, 1.82) is 0 Å². The fourth-order valence-electron chi connectivity index (χ4n) is 7.65. The standard InChI is InChI=1S/C42H76F5OP/c1-5-9-13-17-21-25-29-33-49(34-30-26-22-18-14-10-6-2,35-31-27-23-19-15-11-7-3,36-32-28-24-20-16-12-8-4)48-42-40(46)38(44)37(43)39(45)41(42)47/h5-36H2,1-4H3. The molecular formula is C42H76F5OP. The van der Waals surface area contributed by atoms with Crippen molar-refractivity contribution in [2.45, 2.75) is 207 Å². The third-order valence-corrected chi connectivity index (χ3v) is 17.3. The molecule has 1 nitrogen and oxygen atoms in total. The van der Waals surface area contributed by atoms with Gasteiger partial charge in [0.25, 0.3) is 0 Å². The van der Waals surface area contributed by atoms with Crippen LogP contribution in [0.3, 0.4) is 0 Å². The average molecular weight is 723 g/mol. The summed E-state index contributed by atoms with van der Waals surface area (Å²) in [6, 6.07) is 0. The summed E-state index contributed by atoms with van der Waals surface area (Å²) in [6.07, 6.45) is 33.8.